The third kappa shape index (κ3) is 4.12. The van der Waals surface area contributed by atoms with Crippen LogP contribution in [-0.2, 0) is 4.79 Å². The van der Waals surface area contributed by atoms with Gasteiger partial charge in [0.25, 0.3) is 5.91 Å². The van der Waals surface area contributed by atoms with E-state index in [-0.39, 0.29) is 17.7 Å². The van der Waals surface area contributed by atoms with Gasteiger partial charge in [0.15, 0.2) is 0 Å². The first-order valence-electron chi connectivity index (χ1n) is 9.58. The normalized spacial score (nSPS) is 14.4. The third-order valence-corrected chi connectivity index (χ3v) is 5.09. The number of rotatable bonds is 5. The maximum Gasteiger partial charge on any atom is 0.272 e. The van der Waals surface area contributed by atoms with Gasteiger partial charge in [0.05, 0.1) is 18.5 Å². The van der Waals surface area contributed by atoms with Crippen LogP contribution in [-0.4, -0.2) is 62.1 Å². The van der Waals surface area contributed by atoms with E-state index in [4.69, 9.17) is 4.74 Å². The molecule has 0 saturated carbocycles. The van der Waals surface area contributed by atoms with Crippen LogP contribution in [0.2, 0.25) is 0 Å². The van der Waals surface area contributed by atoms with Gasteiger partial charge in [-0.3, -0.25) is 14.6 Å². The zero-order valence-corrected chi connectivity index (χ0v) is 16.4. The average molecular weight is 407 g/mol. The highest BCUT2D eigenvalue weighted by Gasteiger charge is 2.28. The fraction of sp³-hybridized carbons (Fsp3) is 0.300. The van der Waals surface area contributed by atoms with E-state index in [1.165, 1.54) is 18.1 Å². The number of aromatic nitrogens is 5. The van der Waals surface area contributed by atoms with E-state index in [2.05, 4.69) is 25.8 Å². The van der Waals surface area contributed by atoms with Crippen LogP contribution in [0.4, 0.5) is 5.69 Å². The molecule has 0 unspecified atom stereocenters. The molecule has 1 N–H and O–H groups in total. The van der Waals surface area contributed by atoms with Crippen molar-refractivity contribution >= 4 is 17.5 Å². The van der Waals surface area contributed by atoms with Crippen molar-refractivity contribution in [3.8, 4) is 11.4 Å². The molecular weight excluding hydrogens is 386 g/mol. The van der Waals surface area contributed by atoms with Crippen molar-refractivity contribution in [3.63, 3.8) is 0 Å². The number of methoxy groups -OCH3 is 1. The lowest BCUT2D eigenvalue weighted by atomic mass is 9.95. The van der Waals surface area contributed by atoms with Crippen molar-refractivity contribution < 1.29 is 14.3 Å². The van der Waals surface area contributed by atoms with Gasteiger partial charge in [-0.2, -0.15) is 0 Å². The van der Waals surface area contributed by atoms with Crippen molar-refractivity contribution in [2.75, 3.05) is 25.5 Å². The number of benzene rings is 1. The van der Waals surface area contributed by atoms with Crippen LogP contribution in [0.1, 0.15) is 23.3 Å². The van der Waals surface area contributed by atoms with E-state index >= 15 is 0 Å². The molecule has 4 rings (SSSR count). The molecule has 1 aliphatic rings. The first kappa shape index (κ1) is 19.5. The summed E-state index contributed by atoms with van der Waals surface area (Å²) in [6.07, 6.45) is 4.27. The first-order valence-corrected chi connectivity index (χ1v) is 9.58. The summed E-state index contributed by atoms with van der Waals surface area (Å²) in [5.41, 5.74) is 1.72. The molecular formula is C20H21N7O3. The van der Waals surface area contributed by atoms with Crippen LogP contribution < -0.4 is 10.1 Å². The van der Waals surface area contributed by atoms with E-state index in [1.54, 1.807) is 47.5 Å². The molecule has 30 heavy (non-hydrogen) atoms. The number of anilines is 1. The summed E-state index contributed by atoms with van der Waals surface area (Å²) in [7, 11) is 1.54. The summed E-state index contributed by atoms with van der Waals surface area (Å²) in [5.74, 6) is 0.142. The SMILES string of the molecule is COc1cc(-n2cnnn2)ccc1NC(=O)C1CCN(C(=O)c2ccccn2)CC1. The topological polar surface area (TPSA) is 115 Å². The number of pyridine rings is 1. The molecule has 1 aliphatic heterocycles. The van der Waals surface area contributed by atoms with Crippen molar-refractivity contribution in [1.29, 1.82) is 0 Å². The fourth-order valence-corrected chi connectivity index (χ4v) is 3.44. The lowest BCUT2D eigenvalue weighted by Crippen LogP contribution is -2.41. The minimum atomic E-state index is -0.179. The molecule has 0 spiro atoms. The Morgan fingerprint density at radius 3 is 2.67 bits per heavy atom. The number of ether oxygens (including phenoxy) is 1. The van der Waals surface area contributed by atoms with Crippen molar-refractivity contribution in [2.45, 2.75) is 12.8 Å². The Labute approximate surface area is 172 Å². The number of hydrogen-bond donors (Lipinski definition) is 1. The quantitative estimate of drug-likeness (QED) is 0.682. The first-order chi connectivity index (χ1) is 14.7. The molecule has 3 aromatic rings. The van der Waals surface area contributed by atoms with E-state index in [1.807, 2.05) is 0 Å². The molecule has 3 heterocycles. The smallest absolute Gasteiger partial charge is 0.272 e. The van der Waals surface area contributed by atoms with Gasteiger partial charge in [-0.1, -0.05) is 6.07 Å². The summed E-state index contributed by atoms with van der Waals surface area (Å²) in [5, 5.41) is 14.0. The minimum Gasteiger partial charge on any atom is -0.494 e. The third-order valence-electron chi connectivity index (χ3n) is 5.09. The number of nitrogens with zero attached hydrogens (tertiary/aromatic N) is 6. The molecule has 1 saturated heterocycles. The van der Waals surface area contributed by atoms with Crippen molar-refractivity contribution in [1.82, 2.24) is 30.1 Å². The van der Waals surface area contributed by atoms with E-state index in [0.29, 0.717) is 43.1 Å². The lowest BCUT2D eigenvalue weighted by molar-refractivity contribution is -0.121. The summed E-state index contributed by atoms with van der Waals surface area (Å²) >= 11 is 0. The Hall–Kier alpha value is -3.82. The minimum absolute atomic E-state index is 0.0894. The number of piperidine rings is 1. The number of carbonyl (C=O) groups is 2. The highest BCUT2D eigenvalue weighted by Crippen LogP contribution is 2.28. The van der Waals surface area contributed by atoms with E-state index in [0.717, 1.165) is 5.69 Å². The van der Waals surface area contributed by atoms with Crippen LogP contribution in [0, 0.1) is 5.92 Å². The molecule has 1 aromatic carbocycles. The van der Waals surface area contributed by atoms with Crippen LogP contribution >= 0.6 is 0 Å². The summed E-state index contributed by atoms with van der Waals surface area (Å²) < 4.78 is 6.92. The zero-order chi connectivity index (χ0) is 20.9. The van der Waals surface area contributed by atoms with Gasteiger partial charge < -0.3 is 15.0 Å². The second kappa shape index (κ2) is 8.68. The molecule has 10 nitrogen and oxygen atoms in total. The molecule has 2 aromatic heterocycles. The number of carbonyl (C=O) groups excluding carboxylic acids is 2. The second-order valence-electron chi connectivity index (χ2n) is 6.91. The number of nitrogens with one attached hydrogen (secondary N) is 1. The highest BCUT2D eigenvalue weighted by atomic mass is 16.5. The number of hydrogen-bond acceptors (Lipinski definition) is 7. The van der Waals surface area contributed by atoms with Crippen molar-refractivity contribution in [2.24, 2.45) is 5.92 Å². The number of tetrazole rings is 1. The lowest BCUT2D eigenvalue weighted by Gasteiger charge is -2.31. The van der Waals surface area contributed by atoms with Crippen molar-refractivity contribution in [3.05, 3.63) is 54.6 Å². The van der Waals surface area contributed by atoms with Gasteiger partial charge in [-0.05, 0) is 47.5 Å². The summed E-state index contributed by atoms with van der Waals surface area (Å²) in [6, 6.07) is 10.6. The second-order valence-corrected chi connectivity index (χ2v) is 6.91. The molecule has 10 heteroatoms. The number of likely N-dealkylation sites (tertiary alicyclic amines) is 1. The molecule has 0 aliphatic carbocycles. The zero-order valence-electron chi connectivity index (χ0n) is 16.4. The van der Waals surface area contributed by atoms with Crippen LogP contribution in [0.3, 0.4) is 0 Å². The molecule has 1 fully saturated rings. The number of amides is 2. The predicted molar refractivity (Wildman–Crippen MR) is 107 cm³/mol. The van der Waals surface area contributed by atoms with E-state index in [9.17, 15) is 9.59 Å². The Kier molecular flexibility index (Phi) is 5.64. The summed E-state index contributed by atoms with van der Waals surface area (Å²) in [6.45, 7) is 1.03. The Morgan fingerprint density at radius 1 is 1.17 bits per heavy atom. The predicted octanol–water partition coefficient (Wildman–Crippen LogP) is 1.56. The summed E-state index contributed by atoms with van der Waals surface area (Å²) in [4.78, 5) is 31.1. The fourth-order valence-electron chi connectivity index (χ4n) is 3.44. The van der Waals surface area contributed by atoms with Gasteiger partial charge in [-0.15, -0.1) is 5.10 Å². The molecule has 0 bridgehead atoms. The van der Waals surface area contributed by atoms with E-state index < -0.39 is 0 Å². The van der Waals surface area contributed by atoms with Gasteiger partial charge in [0, 0.05) is 31.3 Å². The largest absolute Gasteiger partial charge is 0.494 e. The van der Waals surface area contributed by atoms with Crippen LogP contribution in [0.5, 0.6) is 5.75 Å². The van der Waals surface area contributed by atoms with Gasteiger partial charge in [0.1, 0.15) is 17.8 Å². The van der Waals surface area contributed by atoms with Gasteiger partial charge in [-0.25, -0.2) is 4.68 Å². The Bertz CT molecular complexity index is 1020. The van der Waals surface area contributed by atoms with Crippen LogP contribution in [0.25, 0.3) is 5.69 Å². The molecule has 0 atom stereocenters. The Morgan fingerprint density at radius 2 is 2.00 bits per heavy atom. The standard InChI is InChI=1S/C20H21N7O3/c1-30-18-12-15(27-13-22-24-25-27)5-6-16(18)23-19(28)14-7-10-26(11-8-14)20(29)17-4-2-3-9-21-17/h2-6,9,12-14H,7-8,10-11H2,1H3,(H,23,28). The maximum atomic E-state index is 12.8. The molecule has 0 radical (unpaired) electrons. The molecule has 154 valence electrons. The highest BCUT2D eigenvalue weighted by molar-refractivity contribution is 5.95. The monoisotopic (exact) mass is 407 g/mol. The molecule has 2 amide bonds. The average Bonchev–Trinajstić information content (AvgIpc) is 3.34. The Balaban J connectivity index is 1.37. The van der Waals surface area contributed by atoms with Gasteiger partial charge in [0.2, 0.25) is 5.91 Å². The maximum absolute atomic E-state index is 12.8. The van der Waals surface area contributed by atoms with Gasteiger partial charge >= 0.3 is 0 Å². The van der Waals surface area contributed by atoms with Crippen LogP contribution in [0.15, 0.2) is 48.9 Å².